The molecule has 4 rings (SSSR count). The molecule has 0 amide bonds. The van der Waals surface area contributed by atoms with E-state index >= 15 is 8.78 Å². The molecule has 14 heteroatoms. The first-order chi connectivity index (χ1) is 16.9. The summed E-state index contributed by atoms with van der Waals surface area (Å²) in [6.07, 6.45) is -2.95. The number of hydrogen-bond acceptors (Lipinski definition) is 6. The van der Waals surface area contributed by atoms with Gasteiger partial charge in [-0.25, -0.2) is 13.5 Å². The first kappa shape index (κ1) is 25.0. The maximum atomic E-state index is 15.7. The van der Waals surface area contributed by atoms with Crippen LogP contribution in [0.3, 0.4) is 0 Å². The van der Waals surface area contributed by atoms with Gasteiger partial charge in [-0.3, -0.25) is 4.98 Å². The van der Waals surface area contributed by atoms with Crippen LogP contribution in [0.15, 0.2) is 67.1 Å². The average Bonchev–Trinajstić information content (AvgIpc) is 3.31. The van der Waals surface area contributed by atoms with Gasteiger partial charge in [0.1, 0.15) is 29.4 Å². The number of halogens is 7. The number of aliphatic hydroxyl groups is 1. The normalized spacial score (nSPS) is 13.9. The Morgan fingerprint density at radius 2 is 1.58 bits per heavy atom. The van der Waals surface area contributed by atoms with Crippen LogP contribution in [0, 0.1) is 11.6 Å². The molecular formula is C22H14F7N5O2. The maximum Gasteiger partial charge on any atom is 0.573 e. The lowest BCUT2D eigenvalue weighted by atomic mass is 9.84. The second-order valence-corrected chi connectivity index (χ2v) is 7.57. The van der Waals surface area contributed by atoms with Crippen LogP contribution in [0.4, 0.5) is 30.7 Å². The molecule has 0 aliphatic carbocycles. The van der Waals surface area contributed by atoms with Crippen molar-refractivity contribution in [1.82, 2.24) is 25.2 Å². The molecule has 36 heavy (non-hydrogen) atoms. The van der Waals surface area contributed by atoms with E-state index in [1.807, 2.05) is 0 Å². The monoisotopic (exact) mass is 513 g/mol. The second-order valence-electron chi connectivity index (χ2n) is 7.57. The minimum Gasteiger partial charge on any atom is -0.406 e. The summed E-state index contributed by atoms with van der Waals surface area (Å²) in [5.41, 5.74) is -4.60. The molecule has 7 nitrogen and oxygen atoms in total. The molecule has 0 saturated heterocycles. The van der Waals surface area contributed by atoms with Gasteiger partial charge in [0, 0.05) is 23.4 Å². The van der Waals surface area contributed by atoms with Crippen LogP contribution in [0.25, 0.3) is 11.1 Å². The number of benzene rings is 2. The molecule has 0 radical (unpaired) electrons. The van der Waals surface area contributed by atoms with Crippen molar-refractivity contribution in [3.05, 3.63) is 90.0 Å². The predicted molar refractivity (Wildman–Crippen MR) is 108 cm³/mol. The molecule has 1 atom stereocenters. The Kier molecular flexibility index (Phi) is 6.39. The maximum absolute atomic E-state index is 15.7. The molecule has 1 unspecified atom stereocenters. The summed E-state index contributed by atoms with van der Waals surface area (Å²) in [5, 5.41) is 21.2. The summed E-state index contributed by atoms with van der Waals surface area (Å²) in [6.45, 7) is -1.01. The first-order valence-electron chi connectivity index (χ1n) is 9.98. The van der Waals surface area contributed by atoms with Crippen molar-refractivity contribution >= 4 is 0 Å². The second kappa shape index (κ2) is 9.18. The highest BCUT2D eigenvalue weighted by Gasteiger charge is 2.58. The molecule has 2 heterocycles. The predicted octanol–water partition coefficient (Wildman–Crippen LogP) is 4.59. The zero-order chi connectivity index (χ0) is 26.1. The molecule has 0 aliphatic heterocycles. The van der Waals surface area contributed by atoms with Crippen LogP contribution < -0.4 is 4.74 Å². The van der Waals surface area contributed by atoms with E-state index in [4.69, 9.17) is 0 Å². The minimum atomic E-state index is -4.88. The summed E-state index contributed by atoms with van der Waals surface area (Å²) >= 11 is 0. The van der Waals surface area contributed by atoms with E-state index in [-0.39, 0.29) is 5.56 Å². The molecule has 1 N–H and O–H groups in total. The third kappa shape index (κ3) is 4.98. The van der Waals surface area contributed by atoms with Crippen LogP contribution in [-0.4, -0.2) is 36.7 Å². The number of aromatic nitrogens is 5. The van der Waals surface area contributed by atoms with Crippen molar-refractivity contribution in [2.45, 2.75) is 24.4 Å². The zero-order valence-corrected chi connectivity index (χ0v) is 17.8. The van der Waals surface area contributed by atoms with Gasteiger partial charge in [0.05, 0.1) is 6.54 Å². The highest BCUT2D eigenvalue weighted by atomic mass is 19.4. The van der Waals surface area contributed by atoms with E-state index in [1.54, 1.807) is 0 Å². The van der Waals surface area contributed by atoms with Gasteiger partial charge in [-0.15, -0.1) is 18.3 Å². The highest BCUT2D eigenvalue weighted by Crippen LogP contribution is 2.46. The smallest absolute Gasteiger partial charge is 0.406 e. The minimum absolute atomic E-state index is 0.255. The van der Waals surface area contributed by atoms with Gasteiger partial charge in [0.25, 0.3) is 0 Å². The van der Waals surface area contributed by atoms with Crippen LogP contribution in [0.1, 0.15) is 11.3 Å². The third-order valence-corrected chi connectivity index (χ3v) is 5.18. The third-order valence-electron chi connectivity index (χ3n) is 5.18. The SMILES string of the molecule is OC(Cn1cnnn1)(c1ccc(F)cc1F)C(F)(F)c1ccc(-c2ccc(OC(F)(F)F)cc2)cn1. The van der Waals surface area contributed by atoms with Gasteiger partial charge in [0.2, 0.25) is 0 Å². The van der Waals surface area contributed by atoms with Crippen molar-refractivity contribution in [2.75, 3.05) is 0 Å². The van der Waals surface area contributed by atoms with E-state index in [0.29, 0.717) is 23.8 Å². The van der Waals surface area contributed by atoms with E-state index in [0.717, 1.165) is 35.4 Å². The topological polar surface area (TPSA) is 86.0 Å². The average molecular weight is 513 g/mol. The molecule has 0 saturated carbocycles. The lowest BCUT2D eigenvalue weighted by Crippen LogP contribution is -2.48. The van der Waals surface area contributed by atoms with Crippen LogP contribution in [-0.2, 0) is 18.1 Å². The van der Waals surface area contributed by atoms with Crippen LogP contribution in [0.2, 0.25) is 0 Å². The van der Waals surface area contributed by atoms with Gasteiger partial charge in [0.15, 0.2) is 5.60 Å². The Bertz CT molecular complexity index is 1330. The molecule has 2 aromatic carbocycles. The summed E-state index contributed by atoms with van der Waals surface area (Å²) < 4.78 is 101. The molecule has 0 spiro atoms. The van der Waals surface area contributed by atoms with Gasteiger partial charge in [-0.2, -0.15) is 8.78 Å². The summed E-state index contributed by atoms with van der Waals surface area (Å²) in [7, 11) is 0. The van der Waals surface area contributed by atoms with Gasteiger partial charge < -0.3 is 9.84 Å². The first-order valence-corrected chi connectivity index (χ1v) is 9.98. The van der Waals surface area contributed by atoms with E-state index in [9.17, 15) is 27.1 Å². The fourth-order valence-corrected chi connectivity index (χ4v) is 3.48. The van der Waals surface area contributed by atoms with Crippen molar-refractivity contribution in [1.29, 1.82) is 0 Å². The molecule has 2 aromatic heterocycles. The Morgan fingerprint density at radius 1 is 0.889 bits per heavy atom. The van der Waals surface area contributed by atoms with Crippen LogP contribution >= 0.6 is 0 Å². The molecule has 0 aliphatic rings. The number of rotatable bonds is 7. The van der Waals surface area contributed by atoms with E-state index in [1.165, 1.54) is 18.2 Å². The number of tetrazole rings is 1. The fourth-order valence-electron chi connectivity index (χ4n) is 3.48. The Labute approximate surface area is 197 Å². The number of ether oxygens (including phenoxy) is 1. The highest BCUT2D eigenvalue weighted by molar-refractivity contribution is 5.63. The summed E-state index contributed by atoms with van der Waals surface area (Å²) in [5.74, 6) is -7.20. The van der Waals surface area contributed by atoms with Crippen molar-refractivity contribution < 1.29 is 40.6 Å². The fraction of sp³-hybridized carbons (Fsp3) is 0.182. The lowest BCUT2D eigenvalue weighted by molar-refractivity contribution is -0.274. The van der Waals surface area contributed by atoms with E-state index < -0.39 is 53.1 Å². The van der Waals surface area contributed by atoms with Gasteiger partial charge >= 0.3 is 12.3 Å². The summed E-state index contributed by atoms with van der Waals surface area (Å²) in [4.78, 5) is 3.70. The van der Waals surface area contributed by atoms with Gasteiger partial charge in [-0.05, 0) is 46.3 Å². The largest absolute Gasteiger partial charge is 0.573 e. The molecule has 188 valence electrons. The molecule has 4 aromatic rings. The van der Waals surface area contributed by atoms with Gasteiger partial charge in [-0.1, -0.05) is 18.2 Å². The Hall–Kier alpha value is -4.07. The zero-order valence-electron chi connectivity index (χ0n) is 17.8. The van der Waals surface area contributed by atoms with E-state index in [2.05, 4.69) is 25.2 Å². The quantitative estimate of drug-likeness (QED) is 0.364. The van der Waals surface area contributed by atoms with Crippen molar-refractivity contribution in [3.63, 3.8) is 0 Å². The Morgan fingerprint density at radius 3 is 2.14 bits per heavy atom. The van der Waals surface area contributed by atoms with Crippen molar-refractivity contribution in [3.8, 4) is 16.9 Å². The lowest BCUT2D eigenvalue weighted by Gasteiger charge is -2.35. The number of hydrogen-bond donors (Lipinski definition) is 1. The standard InChI is InChI=1S/C22H14F7N5O2/c23-15-4-7-17(18(24)9-15)20(35,11-34-12-31-32-33-34)21(25,26)19-8-3-14(10-30-19)13-1-5-16(6-2-13)36-22(27,28)29/h1-10,12,35H,11H2. The summed E-state index contributed by atoms with van der Waals surface area (Å²) in [6, 6.07) is 8.38. The Balaban J connectivity index is 1.69. The number of nitrogens with zero attached hydrogens (tertiary/aromatic N) is 5. The van der Waals surface area contributed by atoms with Crippen LogP contribution in [0.5, 0.6) is 5.75 Å². The number of pyridine rings is 1. The molecular weight excluding hydrogens is 499 g/mol. The van der Waals surface area contributed by atoms with Crippen molar-refractivity contribution in [2.24, 2.45) is 0 Å². The number of alkyl halides is 5. The molecule has 0 fully saturated rings. The molecule has 0 bridgehead atoms.